The van der Waals surface area contributed by atoms with Crippen molar-refractivity contribution in [3.8, 4) is 0 Å². The molecule has 0 spiro atoms. The summed E-state index contributed by atoms with van der Waals surface area (Å²) in [5, 5.41) is 4.21. The Labute approximate surface area is 77.8 Å². The van der Waals surface area contributed by atoms with Gasteiger partial charge in [0.25, 0.3) is 5.78 Å². The van der Waals surface area contributed by atoms with E-state index < -0.39 is 0 Å². The largest absolute Gasteiger partial charge is 0.252 e. The van der Waals surface area contributed by atoms with Crippen LogP contribution < -0.4 is 0 Å². The van der Waals surface area contributed by atoms with Crippen molar-refractivity contribution in [1.29, 1.82) is 0 Å². The van der Waals surface area contributed by atoms with Crippen LogP contribution in [0.5, 0.6) is 0 Å². The summed E-state index contributed by atoms with van der Waals surface area (Å²) < 4.78 is 1.66. The van der Waals surface area contributed by atoms with Crippen LogP contribution in [0.3, 0.4) is 0 Å². The zero-order valence-electron chi connectivity index (χ0n) is 6.48. The predicted octanol–water partition coefficient (Wildman–Crippen LogP) is 1.58. The smallest absolute Gasteiger partial charge is 0.220 e. The lowest BCUT2D eigenvalue weighted by Crippen LogP contribution is -1.89. The van der Waals surface area contributed by atoms with Gasteiger partial charge < -0.3 is 0 Å². The molecule has 0 aliphatic rings. The highest BCUT2D eigenvalue weighted by Gasteiger charge is 2.07. The second kappa shape index (κ2) is 2.82. The quantitative estimate of drug-likeness (QED) is 0.694. The minimum atomic E-state index is 0.166. The number of alkyl halides is 1. The van der Waals surface area contributed by atoms with Crippen molar-refractivity contribution in [3.05, 3.63) is 24.3 Å². The van der Waals surface area contributed by atoms with E-state index in [0.29, 0.717) is 5.78 Å². The van der Waals surface area contributed by atoms with Gasteiger partial charge in [-0.15, -0.1) is 5.10 Å². The van der Waals surface area contributed by atoms with E-state index >= 15 is 0 Å². The summed E-state index contributed by atoms with van der Waals surface area (Å²) >= 11 is 3.39. The number of hydrogen-bond donors (Lipinski definition) is 0. The summed E-state index contributed by atoms with van der Waals surface area (Å²) in [6.07, 6.45) is 3.53. The Balaban J connectivity index is 2.62. The van der Waals surface area contributed by atoms with E-state index in [2.05, 4.69) is 31.0 Å². The number of nitrogens with zero attached hydrogens (tertiary/aromatic N) is 4. The van der Waals surface area contributed by atoms with Crippen molar-refractivity contribution in [3.63, 3.8) is 0 Å². The minimum absolute atomic E-state index is 0.166. The molecule has 0 saturated heterocycles. The van der Waals surface area contributed by atoms with Crippen LogP contribution in [-0.2, 0) is 0 Å². The number of aromatic nitrogens is 4. The molecule has 0 aromatic carbocycles. The molecule has 2 aromatic heterocycles. The van der Waals surface area contributed by atoms with Crippen LogP contribution in [0.15, 0.2) is 18.5 Å². The fraction of sp³-hybridized carbons (Fsp3) is 0.286. The van der Waals surface area contributed by atoms with Gasteiger partial charge in [0.2, 0.25) is 0 Å². The third-order valence-electron chi connectivity index (χ3n) is 1.49. The first-order chi connectivity index (χ1) is 5.77. The van der Waals surface area contributed by atoms with Crippen molar-refractivity contribution in [2.45, 2.75) is 11.8 Å². The number of halogens is 1. The van der Waals surface area contributed by atoms with Crippen LogP contribution in [0.4, 0.5) is 0 Å². The molecule has 0 fully saturated rings. The second-order valence-electron chi connectivity index (χ2n) is 2.45. The molecule has 2 aromatic rings. The van der Waals surface area contributed by atoms with Crippen molar-refractivity contribution < 1.29 is 0 Å². The Morgan fingerprint density at radius 1 is 1.58 bits per heavy atom. The van der Waals surface area contributed by atoms with Gasteiger partial charge >= 0.3 is 0 Å². The third-order valence-corrected chi connectivity index (χ3v) is 1.90. The fourth-order valence-corrected chi connectivity index (χ4v) is 1.11. The summed E-state index contributed by atoms with van der Waals surface area (Å²) in [6, 6.07) is 1.82. The van der Waals surface area contributed by atoms with E-state index in [9.17, 15) is 0 Å². The van der Waals surface area contributed by atoms with Gasteiger partial charge in [-0.1, -0.05) is 15.9 Å². The van der Waals surface area contributed by atoms with Gasteiger partial charge in [0.15, 0.2) is 5.82 Å². The van der Waals surface area contributed by atoms with Gasteiger partial charge in [0.05, 0.1) is 4.83 Å². The molecule has 0 aliphatic carbocycles. The molecule has 0 radical (unpaired) electrons. The van der Waals surface area contributed by atoms with Gasteiger partial charge in [0.1, 0.15) is 0 Å². The van der Waals surface area contributed by atoms with E-state index in [0.717, 1.165) is 5.82 Å². The summed E-state index contributed by atoms with van der Waals surface area (Å²) in [4.78, 5) is 8.42. The highest BCUT2D eigenvalue weighted by atomic mass is 79.9. The molecule has 5 heteroatoms. The minimum Gasteiger partial charge on any atom is -0.220 e. The van der Waals surface area contributed by atoms with Crippen LogP contribution in [0, 0.1) is 0 Å². The molecule has 0 N–H and O–H groups in total. The maximum Gasteiger partial charge on any atom is 0.252 e. The topological polar surface area (TPSA) is 43.1 Å². The normalized spacial score (nSPS) is 13.5. The number of hydrogen-bond acceptors (Lipinski definition) is 3. The number of rotatable bonds is 1. The van der Waals surface area contributed by atoms with Crippen LogP contribution in [0.2, 0.25) is 0 Å². The van der Waals surface area contributed by atoms with Crippen molar-refractivity contribution in [2.24, 2.45) is 0 Å². The zero-order chi connectivity index (χ0) is 8.55. The molecule has 0 amide bonds. The molecular weight excluding hydrogens is 220 g/mol. The Bertz CT molecular complexity index is 362. The summed E-state index contributed by atoms with van der Waals surface area (Å²) in [6.45, 7) is 1.98. The van der Waals surface area contributed by atoms with Crippen LogP contribution in [0.25, 0.3) is 5.78 Å². The lowest BCUT2D eigenvalue weighted by molar-refractivity contribution is 0.876. The lowest BCUT2D eigenvalue weighted by atomic mass is 10.5. The lowest BCUT2D eigenvalue weighted by Gasteiger charge is -1.90. The molecule has 12 heavy (non-hydrogen) atoms. The summed E-state index contributed by atoms with van der Waals surface area (Å²) in [7, 11) is 0. The molecule has 2 heterocycles. The first-order valence-corrected chi connectivity index (χ1v) is 4.50. The Hall–Kier alpha value is -0.970. The van der Waals surface area contributed by atoms with Gasteiger partial charge in [-0.05, 0) is 13.0 Å². The Morgan fingerprint density at radius 2 is 2.42 bits per heavy atom. The van der Waals surface area contributed by atoms with Crippen LogP contribution in [0.1, 0.15) is 17.6 Å². The molecule has 4 nitrogen and oxygen atoms in total. The zero-order valence-corrected chi connectivity index (χ0v) is 8.06. The van der Waals surface area contributed by atoms with Crippen LogP contribution in [-0.4, -0.2) is 19.6 Å². The van der Waals surface area contributed by atoms with Gasteiger partial charge in [-0.3, -0.25) is 0 Å². The number of fused-ring (bicyclic) bond motifs is 1. The van der Waals surface area contributed by atoms with Crippen LogP contribution >= 0.6 is 15.9 Å². The highest BCUT2D eigenvalue weighted by Crippen LogP contribution is 2.17. The Kier molecular flexibility index (Phi) is 1.80. The standard InChI is InChI=1S/C7H7BrN4/c1-5(8)6-10-7-9-3-2-4-12(7)11-6/h2-5H,1H3. The fourth-order valence-electron chi connectivity index (χ4n) is 0.917. The van der Waals surface area contributed by atoms with E-state index in [1.807, 2.05) is 19.2 Å². The molecule has 62 valence electrons. The monoisotopic (exact) mass is 226 g/mol. The van der Waals surface area contributed by atoms with Gasteiger partial charge in [-0.2, -0.15) is 4.98 Å². The summed E-state index contributed by atoms with van der Waals surface area (Å²) in [5.41, 5.74) is 0. The second-order valence-corrected chi connectivity index (χ2v) is 3.82. The molecule has 0 bridgehead atoms. The Morgan fingerprint density at radius 3 is 3.08 bits per heavy atom. The maximum atomic E-state index is 4.21. The molecule has 1 atom stereocenters. The van der Waals surface area contributed by atoms with E-state index in [1.165, 1.54) is 0 Å². The average Bonchev–Trinajstić information content (AvgIpc) is 2.46. The van der Waals surface area contributed by atoms with Crippen molar-refractivity contribution in [2.75, 3.05) is 0 Å². The van der Waals surface area contributed by atoms with E-state index in [-0.39, 0.29) is 4.83 Å². The van der Waals surface area contributed by atoms with Gasteiger partial charge in [-0.25, -0.2) is 9.50 Å². The highest BCUT2D eigenvalue weighted by molar-refractivity contribution is 9.09. The van der Waals surface area contributed by atoms with E-state index in [1.54, 1.807) is 10.7 Å². The SMILES string of the molecule is CC(Br)c1nc2ncccn2n1. The summed E-state index contributed by atoms with van der Waals surface area (Å²) in [5.74, 6) is 1.40. The first-order valence-electron chi connectivity index (χ1n) is 3.59. The first kappa shape index (κ1) is 7.67. The molecule has 0 aliphatic heterocycles. The van der Waals surface area contributed by atoms with E-state index in [4.69, 9.17) is 0 Å². The average molecular weight is 227 g/mol. The van der Waals surface area contributed by atoms with Crippen molar-refractivity contribution in [1.82, 2.24) is 19.6 Å². The van der Waals surface area contributed by atoms with Gasteiger partial charge in [0, 0.05) is 12.4 Å². The molecule has 1 unspecified atom stereocenters. The third kappa shape index (κ3) is 1.20. The predicted molar refractivity (Wildman–Crippen MR) is 48.1 cm³/mol. The molecule has 2 rings (SSSR count). The molecular formula is C7H7BrN4. The maximum absolute atomic E-state index is 4.21. The molecule has 0 saturated carbocycles. The van der Waals surface area contributed by atoms with Crippen molar-refractivity contribution >= 4 is 21.7 Å².